The van der Waals surface area contributed by atoms with Gasteiger partial charge in [0.15, 0.2) is 11.6 Å². The molecule has 0 amide bonds. The molecule has 1 aromatic heterocycles. The third kappa shape index (κ3) is 3.22. The number of rotatable bonds is 6. The van der Waals surface area contributed by atoms with E-state index in [1.807, 2.05) is 17.8 Å². The number of aryl methyl sites for hydroxylation is 1. The standard InChI is InChI=1S/C15H19F2N3/c1-3-7-20-10-12(9-19-20)15(18-4-2)11-5-6-13(16)14(17)8-11/h5-6,8-10,15,18H,3-4,7H2,1-2H3. The summed E-state index contributed by atoms with van der Waals surface area (Å²) in [6, 6.07) is 3.81. The molecular formula is C15H19F2N3. The van der Waals surface area contributed by atoms with Crippen molar-refractivity contribution in [3.05, 3.63) is 53.4 Å². The number of hydrogen-bond donors (Lipinski definition) is 1. The Balaban J connectivity index is 2.31. The zero-order chi connectivity index (χ0) is 14.5. The number of nitrogens with one attached hydrogen (secondary N) is 1. The lowest BCUT2D eigenvalue weighted by Gasteiger charge is -2.17. The molecule has 1 unspecified atom stereocenters. The zero-order valence-electron chi connectivity index (χ0n) is 11.7. The normalized spacial score (nSPS) is 12.6. The van der Waals surface area contributed by atoms with Crippen LogP contribution in [0.3, 0.4) is 0 Å². The van der Waals surface area contributed by atoms with E-state index in [2.05, 4.69) is 17.3 Å². The minimum absolute atomic E-state index is 0.180. The van der Waals surface area contributed by atoms with Crippen LogP contribution in [-0.2, 0) is 6.54 Å². The molecule has 0 aliphatic carbocycles. The van der Waals surface area contributed by atoms with Gasteiger partial charge in [0.1, 0.15) is 0 Å². The molecule has 0 saturated carbocycles. The van der Waals surface area contributed by atoms with Gasteiger partial charge in [0.2, 0.25) is 0 Å². The second kappa shape index (κ2) is 6.61. The van der Waals surface area contributed by atoms with Gasteiger partial charge < -0.3 is 5.32 Å². The van der Waals surface area contributed by atoms with Crippen molar-refractivity contribution in [2.45, 2.75) is 32.9 Å². The second-order valence-corrected chi connectivity index (χ2v) is 4.70. The van der Waals surface area contributed by atoms with E-state index < -0.39 is 11.6 Å². The van der Waals surface area contributed by atoms with Gasteiger partial charge in [-0.15, -0.1) is 0 Å². The average molecular weight is 279 g/mol. The van der Waals surface area contributed by atoms with Gasteiger partial charge in [0.25, 0.3) is 0 Å². The van der Waals surface area contributed by atoms with Gasteiger partial charge >= 0.3 is 0 Å². The van der Waals surface area contributed by atoms with Crippen molar-refractivity contribution in [3.63, 3.8) is 0 Å². The Morgan fingerprint density at radius 2 is 2.00 bits per heavy atom. The van der Waals surface area contributed by atoms with Crippen LogP contribution in [0.15, 0.2) is 30.6 Å². The van der Waals surface area contributed by atoms with E-state index >= 15 is 0 Å². The minimum Gasteiger partial charge on any atom is -0.306 e. The molecule has 0 fully saturated rings. The summed E-state index contributed by atoms with van der Waals surface area (Å²) in [6.45, 7) is 5.63. The van der Waals surface area contributed by atoms with Crippen LogP contribution in [-0.4, -0.2) is 16.3 Å². The molecule has 5 heteroatoms. The van der Waals surface area contributed by atoms with Crippen molar-refractivity contribution in [1.82, 2.24) is 15.1 Å². The lowest BCUT2D eigenvalue weighted by atomic mass is 10.0. The largest absolute Gasteiger partial charge is 0.306 e. The lowest BCUT2D eigenvalue weighted by Crippen LogP contribution is -2.21. The summed E-state index contributed by atoms with van der Waals surface area (Å²) in [7, 11) is 0. The molecule has 0 spiro atoms. The Morgan fingerprint density at radius 3 is 2.65 bits per heavy atom. The zero-order valence-corrected chi connectivity index (χ0v) is 11.7. The molecule has 0 aliphatic rings. The summed E-state index contributed by atoms with van der Waals surface area (Å²) < 4.78 is 28.3. The number of nitrogens with zero attached hydrogens (tertiary/aromatic N) is 2. The second-order valence-electron chi connectivity index (χ2n) is 4.70. The highest BCUT2D eigenvalue weighted by Gasteiger charge is 2.16. The third-order valence-corrected chi connectivity index (χ3v) is 3.12. The first kappa shape index (κ1) is 14.7. The minimum atomic E-state index is -0.828. The summed E-state index contributed by atoms with van der Waals surface area (Å²) in [5, 5.41) is 7.56. The van der Waals surface area contributed by atoms with Crippen LogP contribution in [0.4, 0.5) is 8.78 Å². The first-order valence-corrected chi connectivity index (χ1v) is 6.86. The van der Waals surface area contributed by atoms with Crippen LogP contribution in [0.2, 0.25) is 0 Å². The van der Waals surface area contributed by atoms with Crippen LogP contribution in [0.1, 0.15) is 37.4 Å². The van der Waals surface area contributed by atoms with E-state index in [4.69, 9.17) is 0 Å². The SMILES string of the molecule is CCCn1cc(C(NCC)c2ccc(F)c(F)c2)cn1. The van der Waals surface area contributed by atoms with Gasteiger partial charge in [-0.2, -0.15) is 5.10 Å². The van der Waals surface area contributed by atoms with Crippen molar-refractivity contribution in [1.29, 1.82) is 0 Å². The summed E-state index contributed by atoms with van der Waals surface area (Å²) in [5.41, 5.74) is 1.65. The average Bonchev–Trinajstić information content (AvgIpc) is 2.88. The van der Waals surface area contributed by atoms with E-state index in [0.29, 0.717) is 5.56 Å². The molecule has 2 aromatic rings. The molecule has 1 aromatic carbocycles. The summed E-state index contributed by atoms with van der Waals surface area (Å²) in [4.78, 5) is 0. The molecule has 0 aliphatic heterocycles. The topological polar surface area (TPSA) is 29.9 Å². The summed E-state index contributed by atoms with van der Waals surface area (Å²) >= 11 is 0. The molecule has 1 N–H and O–H groups in total. The van der Waals surface area contributed by atoms with Gasteiger partial charge in [-0.1, -0.05) is 19.9 Å². The van der Waals surface area contributed by atoms with Crippen molar-refractivity contribution >= 4 is 0 Å². The molecular weight excluding hydrogens is 260 g/mol. The number of halogens is 2. The lowest BCUT2D eigenvalue weighted by molar-refractivity contribution is 0.504. The smallest absolute Gasteiger partial charge is 0.159 e. The molecule has 0 bridgehead atoms. The van der Waals surface area contributed by atoms with Crippen molar-refractivity contribution < 1.29 is 8.78 Å². The maximum Gasteiger partial charge on any atom is 0.159 e. The van der Waals surface area contributed by atoms with Gasteiger partial charge in [-0.05, 0) is 30.7 Å². The maximum absolute atomic E-state index is 13.4. The van der Waals surface area contributed by atoms with E-state index in [1.54, 1.807) is 12.3 Å². The molecule has 3 nitrogen and oxygen atoms in total. The fourth-order valence-electron chi connectivity index (χ4n) is 2.20. The van der Waals surface area contributed by atoms with Gasteiger partial charge in [-0.25, -0.2) is 8.78 Å². The van der Waals surface area contributed by atoms with Crippen LogP contribution < -0.4 is 5.32 Å². The number of aromatic nitrogens is 2. The molecule has 20 heavy (non-hydrogen) atoms. The van der Waals surface area contributed by atoms with E-state index in [0.717, 1.165) is 31.1 Å². The molecule has 1 atom stereocenters. The highest BCUT2D eigenvalue weighted by molar-refractivity contribution is 5.30. The Labute approximate surface area is 117 Å². The molecule has 1 heterocycles. The van der Waals surface area contributed by atoms with Crippen molar-refractivity contribution in [2.24, 2.45) is 0 Å². The van der Waals surface area contributed by atoms with Crippen molar-refractivity contribution in [3.8, 4) is 0 Å². The highest BCUT2D eigenvalue weighted by Crippen LogP contribution is 2.23. The summed E-state index contributed by atoms with van der Waals surface area (Å²) in [6.07, 6.45) is 4.71. The number of benzene rings is 1. The van der Waals surface area contributed by atoms with Gasteiger partial charge in [0, 0.05) is 18.3 Å². The first-order valence-electron chi connectivity index (χ1n) is 6.86. The van der Waals surface area contributed by atoms with Crippen LogP contribution in [0.5, 0.6) is 0 Å². The van der Waals surface area contributed by atoms with Crippen LogP contribution in [0.25, 0.3) is 0 Å². The predicted octanol–water partition coefficient (Wildman–Crippen LogP) is 3.27. The van der Waals surface area contributed by atoms with Crippen LogP contribution >= 0.6 is 0 Å². The summed E-state index contributed by atoms with van der Waals surface area (Å²) in [5.74, 6) is -1.66. The Bertz CT molecular complexity index is 566. The van der Waals surface area contributed by atoms with E-state index in [1.165, 1.54) is 6.07 Å². The molecule has 0 radical (unpaired) electrons. The monoisotopic (exact) mass is 279 g/mol. The van der Waals surface area contributed by atoms with Crippen LogP contribution in [0, 0.1) is 11.6 Å². The predicted molar refractivity (Wildman–Crippen MR) is 74.4 cm³/mol. The molecule has 0 saturated heterocycles. The highest BCUT2D eigenvalue weighted by atomic mass is 19.2. The quantitative estimate of drug-likeness (QED) is 0.879. The van der Waals surface area contributed by atoms with Gasteiger partial charge in [0.05, 0.1) is 12.2 Å². The maximum atomic E-state index is 13.4. The first-order chi connectivity index (χ1) is 9.65. The Kier molecular flexibility index (Phi) is 4.84. The molecule has 108 valence electrons. The fourth-order valence-corrected chi connectivity index (χ4v) is 2.20. The number of hydrogen-bond acceptors (Lipinski definition) is 2. The third-order valence-electron chi connectivity index (χ3n) is 3.12. The Morgan fingerprint density at radius 1 is 1.20 bits per heavy atom. The van der Waals surface area contributed by atoms with E-state index in [-0.39, 0.29) is 6.04 Å². The fraction of sp³-hybridized carbons (Fsp3) is 0.400. The van der Waals surface area contributed by atoms with Gasteiger partial charge in [-0.3, -0.25) is 4.68 Å². The van der Waals surface area contributed by atoms with E-state index in [9.17, 15) is 8.78 Å². The Hall–Kier alpha value is -1.75. The molecule has 2 rings (SSSR count). The van der Waals surface area contributed by atoms with Crippen molar-refractivity contribution in [2.75, 3.05) is 6.54 Å².